The van der Waals surface area contributed by atoms with Gasteiger partial charge in [-0.3, -0.25) is 14.4 Å². The largest absolute Gasteiger partial charge is 0.497 e. The third-order valence-corrected chi connectivity index (χ3v) is 9.09. The lowest BCUT2D eigenvalue weighted by atomic mass is 9.87. The molecule has 3 N–H and O–H groups in total. The van der Waals surface area contributed by atoms with E-state index in [1.807, 2.05) is 46.9 Å². The molecule has 11 heteroatoms. The number of nitrogens with zero attached hydrogens (tertiary/aromatic N) is 1. The average Bonchev–Trinajstić information content (AvgIpc) is 3.55. The number of carbonyl (C=O) groups excluding carboxylic acids is 3. The molecule has 2 aliphatic rings. The molecule has 2 aliphatic carbocycles. The molecule has 3 atom stereocenters. The fourth-order valence-electron chi connectivity index (χ4n) is 5.97. The van der Waals surface area contributed by atoms with Gasteiger partial charge < -0.3 is 34.6 Å². The number of aliphatic hydroxyl groups excluding tert-OH is 2. The first-order valence-corrected chi connectivity index (χ1v) is 16.0. The molecule has 2 amide bonds. The topological polar surface area (TPSA) is 135 Å². The Labute approximate surface area is 271 Å². The van der Waals surface area contributed by atoms with Crippen molar-refractivity contribution in [3.63, 3.8) is 0 Å². The molecule has 2 aromatic rings. The molecular weight excluding hydrogens is 679 g/mol. The molecule has 2 aromatic carbocycles. The zero-order valence-electron chi connectivity index (χ0n) is 25.2. The molecule has 0 aliphatic heterocycles. The summed E-state index contributed by atoms with van der Waals surface area (Å²) in [6.45, 7) is 0.164. The molecule has 4 rings (SSSR count). The van der Waals surface area contributed by atoms with E-state index in [1.165, 1.54) is 7.11 Å². The van der Waals surface area contributed by atoms with Gasteiger partial charge in [0, 0.05) is 37.1 Å². The van der Waals surface area contributed by atoms with Crippen molar-refractivity contribution in [3.8, 4) is 17.2 Å². The van der Waals surface area contributed by atoms with Crippen LogP contribution < -0.4 is 19.5 Å². The van der Waals surface area contributed by atoms with E-state index in [1.54, 1.807) is 30.2 Å². The number of nitrogens with one attached hydrogen (secondary N) is 1. The first-order valence-electron chi connectivity index (χ1n) is 15.0. The minimum atomic E-state index is -1.17. The van der Waals surface area contributed by atoms with Crippen LogP contribution in [0.25, 0.3) is 0 Å². The van der Waals surface area contributed by atoms with Gasteiger partial charge in [-0.05, 0) is 83.7 Å². The van der Waals surface area contributed by atoms with Gasteiger partial charge in [-0.1, -0.05) is 25.0 Å². The number of methoxy groups -OCH3 is 2. The van der Waals surface area contributed by atoms with Crippen LogP contribution in [0.1, 0.15) is 54.4 Å². The normalized spacial score (nSPS) is 20.0. The third-order valence-electron chi connectivity index (χ3n) is 8.29. The van der Waals surface area contributed by atoms with Crippen molar-refractivity contribution in [2.75, 3.05) is 33.9 Å². The highest BCUT2D eigenvalue weighted by Gasteiger charge is 2.41. The van der Waals surface area contributed by atoms with Crippen LogP contribution in [0, 0.1) is 9.49 Å². The lowest BCUT2D eigenvalue weighted by Crippen LogP contribution is -2.55. The van der Waals surface area contributed by atoms with Gasteiger partial charge in [0.15, 0.2) is 11.5 Å². The van der Waals surface area contributed by atoms with Crippen LogP contribution in [0.2, 0.25) is 0 Å². The Balaban J connectivity index is 1.68. The van der Waals surface area contributed by atoms with E-state index in [9.17, 15) is 24.6 Å². The minimum Gasteiger partial charge on any atom is -0.497 e. The van der Waals surface area contributed by atoms with Crippen LogP contribution in [0.4, 0.5) is 0 Å². The lowest BCUT2D eigenvalue weighted by Gasteiger charge is -2.41. The van der Waals surface area contributed by atoms with E-state index in [0.717, 1.165) is 31.2 Å². The number of aliphatic hydroxyl groups is 2. The summed E-state index contributed by atoms with van der Waals surface area (Å²) >= 11 is 2.03. The van der Waals surface area contributed by atoms with E-state index >= 15 is 0 Å². The summed E-state index contributed by atoms with van der Waals surface area (Å²) in [4.78, 5) is 40.3. The Morgan fingerprint density at radius 1 is 1.14 bits per heavy atom. The number of carbonyl (C=O) groups is 3. The second-order valence-electron chi connectivity index (χ2n) is 11.2. The summed E-state index contributed by atoms with van der Waals surface area (Å²) in [5, 5.41) is 23.8. The maximum atomic E-state index is 14.0. The van der Waals surface area contributed by atoms with E-state index < -0.39 is 24.2 Å². The van der Waals surface area contributed by atoms with Crippen LogP contribution in [0.5, 0.6) is 17.2 Å². The quantitative estimate of drug-likeness (QED) is 0.199. The number of benzene rings is 2. The number of ether oxygens (including phenoxy) is 3. The molecule has 1 fully saturated rings. The number of rotatable bonds is 14. The van der Waals surface area contributed by atoms with Crippen LogP contribution in [0.3, 0.4) is 0 Å². The van der Waals surface area contributed by atoms with Crippen molar-refractivity contribution in [2.45, 2.75) is 63.2 Å². The molecule has 0 aromatic heterocycles. The number of amides is 2. The van der Waals surface area contributed by atoms with Crippen molar-refractivity contribution < 1.29 is 38.8 Å². The van der Waals surface area contributed by atoms with Gasteiger partial charge >= 0.3 is 0 Å². The van der Waals surface area contributed by atoms with Crippen molar-refractivity contribution >= 4 is 40.7 Å². The highest BCUT2D eigenvalue weighted by atomic mass is 127. The van der Waals surface area contributed by atoms with Crippen LogP contribution in [-0.4, -0.2) is 85.4 Å². The lowest BCUT2D eigenvalue weighted by molar-refractivity contribution is -0.139. The van der Waals surface area contributed by atoms with Gasteiger partial charge in [-0.2, -0.15) is 0 Å². The van der Waals surface area contributed by atoms with Gasteiger partial charge in [-0.15, -0.1) is 0 Å². The molecule has 0 bridgehead atoms. The number of aldehydes is 1. The summed E-state index contributed by atoms with van der Waals surface area (Å²) in [6, 6.07) is 10.1. The van der Waals surface area contributed by atoms with Gasteiger partial charge in [-0.25, -0.2) is 0 Å². The van der Waals surface area contributed by atoms with E-state index in [0.29, 0.717) is 63.5 Å². The maximum absolute atomic E-state index is 14.0. The zero-order chi connectivity index (χ0) is 31.6. The Morgan fingerprint density at radius 3 is 2.59 bits per heavy atom. The van der Waals surface area contributed by atoms with Crippen LogP contribution in [-0.2, 0) is 16.0 Å². The average molecular weight is 721 g/mol. The molecule has 0 radical (unpaired) electrons. The fourth-order valence-corrected chi connectivity index (χ4v) is 6.72. The molecule has 10 nitrogen and oxygen atoms in total. The van der Waals surface area contributed by atoms with Gasteiger partial charge in [0.05, 0.1) is 30.4 Å². The molecule has 0 saturated heterocycles. The van der Waals surface area contributed by atoms with E-state index in [4.69, 9.17) is 14.2 Å². The van der Waals surface area contributed by atoms with Crippen molar-refractivity contribution in [1.82, 2.24) is 10.2 Å². The first kappa shape index (κ1) is 33.7. The van der Waals surface area contributed by atoms with Gasteiger partial charge in [0.25, 0.3) is 0 Å². The summed E-state index contributed by atoms with van der Waals surface area (Å²) in [5.41, 5.74) is 1.73. The molecule has 1 saturated carbocycles. The maximum Gasteiger partial charge on any atom is 0.247 e. The van der Waals surface area contributed by atoms with Gasteiger partial charge in [0.2, 0.25) is 11.8 Å². The number of hydrogen-bond donors (Lipinski definition) is 3. The highest BCUT2D eigenvalue weighted by Crippen LogP contribution is 2.37. The van der Waals surface area contributed by atoms with Crippen LogP contribution >= 0.6 is 22.6 Å². The summed E-state index contributed by atoms with van der Waals surface area (Å²) in [7, 11) is 3.06. The van der Waals surface area contributed by atoms with E-state index in [2.05, 4.69) is 5.32 Å². The van der Waals surface area contributed by atoms with Gasteiger partial charge in [0.1, 0.15) is 24.2 Å². The zero-order valence-corrected chi connectivity index (χ0v) is 27.3. The summed E-state index contributed by atoms with van der Waals surface area (Å²) in [6.07, 6.45) is 5.31. The summed E-state index contributed by atoms with van der Waals surface area (Å²) in [5.74, 6) is 1.16. The first-order chi connectivity index (χ1) is 21.3. The minimum absolute atomic E-state index is 0.0635. The Kier molecular flexibility index (Phi) is 12.4. The Morgan fingerprint density at radius 2 is 1.91 bits per heavy atom. The monoisotopic (exact) mass is 720 g/mol. The highest BCUT2D eigenvalue weighted by molar-refractivity contribution is 14.1. The Bertz CT molecular complexity index is 1340. The van der Waals surface area contributed by atoms with Crippen molar-refractivity contribution in [3.05, 3.63) is 62.7 Å². The summed E-state index contributed by atoms with van der Waals surface area (Å²) < 4.78 is 17.8. The van der Waals surface area contributed by atoms with Crippen molar-refractivity contribution in [2.24, 2.45) is 5.92 Å². The van der Waals surface area contributed by atoms with E-state index in [-0.39, 0.29) is 25.5 Å². The standard InChI is InChI=1S/C33H41IN2O8/c1-42-25-9-5-8-22(14-25)10-12-36(30(39)17-21-6-3-4-7-21)27-18-24(33(41)35-11-13-37)19-28(31(27)40)44-32-26(34)15-23(20-38)16-29(32)43-2/h5,8-9,14-16,19-21,27-28,31,37,40H,3-4,6-7,10-13,17-18H2,1-2H3,(H,35,41). The second kappa shape index (κ2) is 16.2. The molecule has 3 unspecified atom stereocenters. The fraction of sp³-hybridized carbons (Fsp3) is 0.485. The smallest absolute Gasteiger partial charge is 0.247 e. The predicted octanol–water partition coefficient (Wildman–Crippen LogP) is 3.69. The molecule has 0 heterocycles. The number of halogens is 1. The predicted molar refractivity (Wildman–Crippen MR) is 173 cm³/mol. The molecular formula is C33H41IN2O8. The van der Waals surface area contributed by atoms with Crippen LogP contribution in [0.15, 0.2) is 48.0 Å². The SMILES string of the molecule is COc1cccc(CCN(C(=O)CC2CCCC2)C2CC(C(=O)NCCO)=CC(Oc3c(I)cc(C=O)cc3OC)C2O)c1. The Hall–Kier alpha value is -3.16. The third kappa shape index (κ3) is 8.51. The molecule has 0 spiro atoms. The molecule has 238 valence electrons. The second-order valence-corrected chi connectivity index (χ2v) is 12.4. The number of hydrogen-bond acceptors (Lipinski definition) is 8. The molecule has 44 heavy (non-hydrogen) atoms. The van der Waals surface area contributed by atoms with Crippen molar-refractivity contribution in [1.29, 1.82) is 0 Å².